The van der Waals surface area contributed by atoms with Crippen LogP contribution in [0.5, 0.6) is 5.75 Å². The predicted octanol–water partition coefficient (Wildman–Crippen LogP) is 2.95. The number of nitrogens with two attached hydrogens (primary N) is 1. The van der Waals surface area contributed by atoms with Crippen LogP contribution in [0.4, 0.5) is 17.1 Å². The molecule has 0 aliphatic rings. The van der Waals surface area contributed by atoms with Gasteiger partial charge in [0, 0.05) is 31.5 Å². The highest BCUT2D eigenvalue weighted by Crippen LogP contribution is 2.27. The number of hydrogen-bond acceptors (Lipinski definition) is 4. The van der Waals surface area contributed by atoms with E-state index in [1.807, 2.05) is 19.0 Å². The monoisotopic (exact) mass is 305 g/mol. The highest BCUT2D eigenvalue weighted by molar-refractivity contribution is 6.34. The topological polar surface area (TPSA) is 78.6 Å². The van der Waals surface area contributed by atoms with Gasteiger partial charge in [0.1, 0.15) is 5.75 Å². The molecule has 110 valence electrons. The molecule has 0 saturated carbocycles. The molecular formula is C15H16ClN3O2. The van der Waals surface area contributed by atoms with Gasteiger partial charge in [0.05, 0.1) is 16.3 Å². The molecule has 0 saturated heterocycles. The number of nitrogens with one attached hydrogen (secondary N) is 1. The molecule has 0 radical (unpaired) electrons. The van der Waals surface area contributed by atoms with Crippen LogP contribution < -0.4 is 16.0 Å². The number of nitrogens with zero attached hydrogens (tertiary/aromatic N) is 1. The first-order chi connectivity index (χ1) is 9.88. The van der Waals surface area contributed by atoms with E-state index in [1.54, 1.807) is 30.3 Å². The van der Waals surface area contributed by atoms with E-state index in [2.05, 4.69) is 5.32 Å². The van der Waals surface area contributed by atoms with Crippen molar-refractivity contribution in [3.05, 3.63) is 47.0 Å². The molecule has 0 aliphatic carbocycles. The summed E-state index contributed by atoms with van der Waals surface area (Å²) in [6, 6.07) is 9.63. The van der Waals surface area contributed by atoms with Gasteiger partial charge < -0.3 is 21.1 Å². The molecule has 4 N–H and O–H groups in total. The fourth-order valence-corrected chi connectivity index (χ4v) is 2.05. The molecule has 0 fully saturated rings. The number of carbonyl (C=O) groups excluding carboxylic acids is 1. The maximum Gasteiger partial charge on any atom is 0.259 e. The van der Waals surface area contributed by atoms with Crippen molar-refractivity contribution in [3.8, 4) is 5.75 Å². The van der Waals surface area contributed by atoms with Crippen LogP contribution in [0.1, 0.15) is 10.4 Å². The van der Waals surface area contributed by atoms with Gasteiger partial charge in [0.2, 0.25) is 0 Å². The number of benzene rings is 2. The Morgan fingerprint density at radius 2 is 1.95 bits per heavy atom. The number of phenolic OH excluding ortho intramolecular Hbond substituents is 1. The number of phenols is 1. The van der Waals surface area contributed by atoms with Gasteiger partial charge >= 0.3 is 0 Å². The molecule has 0 spiro atoms. The lowest BCUT2D eigenvalue weighted by Gasteiger charge is -2.14. The zero-order chi connectivity index (χ0) is 15.6. The summed E-state index contributed by atoms with van der Waals surface area (Å²) in [7, 11) is 3.70. The Morgan fingerprint density at radius 3 is 2.52 bits per heavy atom. The van der Waals surface area contributed by atoms with Crippen molar-refractivity contribution in [2.75, 3.05) is 30.0 Å². The summed E-state index contributed by atoms with van der Waals surface area (Å²) >= 11 is 6.00. The van der Waals surface area contributed by atoms with Gasteiger partial charge in [-0.2, -0.15) is 0 Å². The minimum atomic E-state index is -0.440. The van der Waals surface area contributed by atoms with Crippen molar-refractivity contribution in [2.24, 2.45) is 0 Å². The molecule has 0 heterocycles. The third kappa shape index (κ3) is 3.38. The summed E-state index contributed by atoms with van der Waals surface area (Å²) in [5.74, 6) is -0.533. The van der Waals surface area contributed by atoms with E-state index in [0.29, 0.717) is 16.4 Å². The van der Waals surface area contributed by atoms with E-state index in [-0.39, 0.29) is 11.3 Å². The fraction of sp³-hybridized carbons (Fsp3) is 0.133. The normalized spacial score (nSPS) is 10.2. The molecule has 2 aromatic carbocycles. The van der Waals surface area contributed by atoms with Crippen molar-refractivity contribution >= 4 is 34.6 Å². The van der Waals surface area contributed by atoms with Crippen LogP contribution in [-0.2, 0) is 0 Å². The lowest BCUT2D eigenvalue weighted by molar-refractivity contribution is 0.102. The van der Waals surface area contributed by atoms with Crippen LogP contribution in [-0.4, -0.2) is 25.1 Å². The average Bonchev–Trinajstić information content (AvgIpc) is 2.41. The quantitative estimate of drug-likeness (QED) is 0.762. The van der Waals surface area contributed by atoms with Crippen LogP contribution in [0.3, 0.4) is 0 Å². The van der Waals surface area contributed by atoms with Gasteiger partial charge in [-0.1, -0.05) is 11.6 Å². The molecule has 0 unspecified atom stereocenters. The van der Waals surface area contributed by atoms with Gasteiger partial charge in [-0.25, -0.2) is 0 Å². The van der Waals surface area contributed by atoms with Crippen LogP contribution in [0.2, 0.25) is 5.02 Å². The molecule has 0 aliphatic heterocycles. The maximum absolute atomic E-state index is 12.2. The Labute approximate surface area is 127 Å². The lowest BCUT2D eigenvalue weighted by atomic mass is 10.1. The minimum Gasteiger partial charge on any atom is -0.507 e. The molecule has 21 heavy (non-hydrogen) atoms. The van der Waals surface area contributed by atoms with Gasteiger partial charge in [0.15, 0.2) is 0 Å². The van der Waals surface area contributed by atoms with Crippen molar-refractivity contribution in [1.29, 1.82) is 0 Å². The second kappa shape index (κ2) is 5.93. The minimum absolute atomic E-state index is 0.0923. The number of amides is 1. The number of halogens is 1. The van der Waals surface area contributed by atoms with Crippen LogP contribution in [0.15, 0.2) is 36.4 Å². The third-order valence-electron chi connectivity index (χ3n) is 2.98. The van der Waals surface area contributed by atoms with Crippen LogP contribution >= 0.6 is 11.6 Å². The molecular weight excluding hydrogens is 290 g/mol. The largest absolute Gasteiger partial charge is 0.507 e. The highest BCUT2D eigenvalue weighted by Gasteiger charge is 2.14. The van der Waals surface area contributed by atoms with Gasteiger partial charge in [0.25, 0.3) is 5.91 Å². The number of aromatic hydroxyl groups is 1. The maximum atomic E-state index is 12.2. The first kappa shape index (κ1) is 15.0. The third-order valence-corrected chi connectivity index (χ3v) is 3.30. The number of nitrogen functional groups attached to an aromatic ring is 1. The van der Waals surface area contributed by atoms with Gasteiger partial charge in [-0.05, 0) is 30.3 Å². The lowest BCUT2D eigenvalue weighted by Crippen LogP contribution is -2.14. The predicted molar refractivity (Wildman–Crippen MR) is 86.3 cm³/mol. The summed E-state index contributed by atoms with van der Waals surface area (Å²) in [6.45, 7) is 0. The summed E-state index contributed by atoms with van der Waals surface area (Å²) in [4.78, 5) is 14.0. The first-order valence-corrected chi connectivity index (χ1v) is 6.63. The number of carbonyl (C=O) groups is 1. The van der Waals surface area contributed by atoms with E-state index in [1.165, 1.54) is 6.07 Å². The van der Waals surface area contributed by atoms with E-state index in [9.17, 15) is 9.90 Å². The Hall–Kier alpha value is -2.40. The Kier molecular flexibility index (Phi) is 4.23. The highest BCUT2D eigenvalue weighted by atomic mass is 35.5. The number of rotatable bonds is 3. The summed E-state index contributed by atoms with van der Waals surface area (Å²) < 4.78 is 0. The molecule has 2 rings (SSSR count). The fourth-order valence-electron chi connectivity index (χ4n) is 1.81. The van der Waals surface area contributed by atoms with Crippen molar-refractivity contribution in [3.63, 3.8) is 0 Å². The van der Waals surface area contributed by atoms with E-state index in [0.717, 1.165) is 5.69 Å². The molecule has 0 aromatic heterocycles. The average molecular weight is 306 g/mol. The van der Waals surface area contributed by atoms with E-state index < -0.39 is 5.91 Å². The first-order valence-electron chi connectivity index (χ1n) is 6.25. The summed E-state index contributed by atoms with van der Waals surface area (Å²) in [5, 5.41) is 12.9. The van der Waals surface area contributed by atoms with E-state index >= 15 is 0 Å². The molecule has 0 atom stereocenters. The second-order valence-electron chi connectivity index (χ2n) is 4.79. The smallest absolute Gasteiger partial charge is 0.259 e. The summed E-state index contributed by atoms with van der Waals surface area (Å²) in [5.41, 5.74) is 7.52. The Balaban J connectivity index is 2.24. The molecule has 6 heteroatoms. The summed E-state index contributed by atoms with van der Waals surface area (Å²) in [6.07, 6.45) is 0. The number of hydrogen-bond donors (Lipinski definition) is 3. The number of anilines is 3. The zero-order valence-electron chi connectivity index (χ0n) is 11.7. The van der Waals surface area contributed by atoms with Gasteiger partial charge in [-0.3, -0.25) is 4.79 Å². The van der Waals surface area contributed by atoms with Gasteiger partial charge in [-0.15, -0.1) is 0 Å². The van der Waals surface area contributed by atoms with Crippen molar-refractivity contribution in [1.82, 2.24) is 0 Å². The standard InChI is InChI=1S/C15H16ClN3O2/c1-19(2)10-4-5-11(14(20)8-10)15(21)18-13-6-3-9(17)7-12(13)16/h3-8,20H,17H2,1-2H3,(H,18,21). The van der Waals surface area contributed by atoms with Crippen LogP contribution in [0.25, 0.3) is 0 Å². The second-order valence-corrected chi connectivity index (χ2v) is 5.20. The molecule has 2 aromatic rings. The zero-order valence-corrected chi connectivity index (χ0v) is 12.5. The molecule has 5 nitrogen and oxygen atoms in total. The van der Waals surface area contributed by atoms with E-state index in [4.69, 9.17) is 17.3 Å². The van der Waals surface area contributed by atoms with Crippen molar-refractivity contribution in [2.45, 2.75) is 0 Å². The Morgan fingerprint density at radius 1 is 1.24 bits per heavy atom. The SMILES string of the molecule is CN(C)c1ccc(C(=O)Nc2ccc(N)cc2Cl)c(O)c1. The van der Waals surface area contributed by atoms with Crippen LogP contribution in [0, 0.1) is 0 Å². The molecule has 0 bridgehead atoms. The Bertz CT molecular complexity index is 687. The molecule has 1 amide bonds. The van der Waals surface area contributed by atoms with Crippen molar-refractivity contribution < 1.29 is 9.90 Å².